The zero-order chi connectivity index (χ0) is 17.6. The average molecular weight is 342 g/mol. The molecule has 7 nitrogen and oxygen atoms in total. The van der Waals surface area contributed by atoms with E-state index in [9.17, 15) is 4.79 Å². The highest BCUT2D eigenvalue weighted by Crippen LogP contribution is 2.30. The number of methoxy groups -OCH3 is 2. The Balaban J connectivity index is 1.69. The molecule has 2 aromatic carbocycles. The summed E-state index contributed by atoms with van der Waals surface area (Å²) in [7, 11) is 3.13. The van der Waals surface area contributed by atoms with Gasteiger partial charge in [0.25, 0.3) is 5.91 Å². The predicted octanol–water partition coefficient (Wildman–Crippen LogP) is 2.24. The first-order valence-corrected chi connectivity index (χ1v) is 7.66. The quantitative estimate of drug-likeness (QED) is 0.666. The molecule has 1 aliphatic rings. The van der Waals surface area contributed by atoms with E-state index in [1.54, 1.807) is 50.6 Å². The van der Waals surface area contributed by atoms with E-state index >= 15 is 0 Å². The van der Waals surface area contributed by atoms with Crippen LogP contribution in [0.2, 0.25) is 0 Å². The van der Waals surface area contributed by atoms with Gasteiger partial charge < -0.3 is 18.9 Å². The van der Waals surface area contributed by atoms with Gasteiger partial charge in [-0.3, -0.25) is 4.79 Å². The molecule has 130 valence electrons. The van der Waals surface area contributed by atoms with Crippen LogP contribution in [0, 0.1) is 0 Å². The fourth-order valence-corrected chi connectivity index (χ4v) is 2.33. The Labute approximate surface area is 145 Å². The van der Waals surface area contributed by atoms with Crippen LogP contribution in [-0.2, 0) is 0 Å². The SMILES string of the molecule is COc1ccc(/C=N\NC(=O)c2ccc3c(c2)OCCO3)c(OC)c1. The minimum absolute atomic E-state index is 0.347. The Bertz CT molecular complexity index is 804. The van der Waals surface area contributed by atoms with Crippen molar-refractivity contribution >= 4 is 12.1 Å². The number of hydrazone groups is 1. The minimum atomic E-state index is -0.347. The maximum Gasteiger partial charge on any atom is 0.271 e. The first-order chi connectivity index (χ1) is 12.2. The number of hydrogen-bond donors (Lipinski definition) is 1. The minimum Gasteiger partial charge on any atom is -0.497 e. The lowest BCUT2D eigenvalue weighted by Crippen LogP contribution is -2.19. The van der Waals surface area contributed by atoms with Gasteiger partial charge in [-0.15, -0.1) is 0 Å². The molecule has 3 rings (SSSR count). The molecule has 0 unspecified atom stereocenters. The van der Waals surface area contributed by atoms with Crippen LogP contribution < -0.4 is 24.4 Å². The number of fused-ring (bicyclic) bond motifs is 1. The van der Waals surface area contributed by atoms with Gasteiger partial charge in [0.1, 0.15) is 24.7 Å². The Hall–Kier alpha value is -3.22. The fraction of sp³-hybridized carbons (Fsp3) is 0.222. The monoisotopic (exact) mass is 342 g/mol. The van der Waals surface area contributed by atoms with E-state index in [-0.39, 0.29) is 5.91 Å². The van der Waals surface area contributed by atoms with Crippen molar-refractivity contribution in [3.05, 3.63) is 47.5 Å². The van der Waals surface area contributed by atoms with E-state index in [0.717, 1.165) is 0 Å². The number of carbonyl (C=O) groups is 1. The summed E-state index contributed by atoms with van der Waals surface area (Å²) in [6.07, 6.45) is 1.51. The van der Waals surface area contributed by atoms with E-state index in [4.69, 9.17) is 18.9 Å². The molecule has 0 aromatic heterocycles. The highest BCUT2D eigenvalue weighted by Gasteiger charge is 2.14. The van der Waals surface area contributed by atoms with Gasteiger partial charge in [0.15, 0.2) is 11.5 Å². The predicted molar refractivity (Wildman–Crippen MR) is 92.0 cm³/mol. The normalized spacial score (nSPS) is 12.7. The maximum absolute atomic E-state index is 12.2. The molecule has 0 spiro atoms. The molecule has 7 heteroatoms. The molecule has 0 bridgehead atoms. The lowest BCUT2D eigenvalue weighted by molar-refractivity contribution is 0.0954. The molecule has 0 aliphatic carbocycles. The van der Waals surface area contributed by atoms with Crippen molar-refractivity contribution in [1.29, 1.82) is 0 Å². The summed E-state index contributed by atoms with van der Waals surface area (Å²) in [5.41, 5.74) is 3.63. The molecule has 25 heavy (non-hydrogen) atoms. The Kier molecular flexibility index (Phi) is 5.03. The second-order valence-electron chi connectivity index (χ2n) is 5.17. The highest BCUT2D eigenvalue weighted by molar-refractivity contribution is 5.95. The first-order valence-electron chi connectivity index (χ1n) is 7.66. The van der Waals surface area contributed by atoms with Crippen LogP contribution in [0.4, 0.5) is 0 Å². The Morgan fingerprint density at radius 3 is 2.64 bits per heavy atom. The summed E-state index contributed by atoms with van der Waals surface area (Å²) in [5, 5.41) is 3.98. The van der Waals surface area contributed by atoms with Crippen LogP contribution in [-0.4, -0.2) is 39.6 Å². The van der Waals surface area contributed by atoms with Crippen LogP contribution in [0.5, 0.6) is 23.0 Å². The summed E-state index contributed by atoms with van der Waals surface area (Å²) in [6.45, 7) is 0.972. The molecule has 1 N–H and O–H groups in total. The number of benzene rings is 2. The second kappa shape index (κ2) is 7.57. The summed E-state index contributed by atoms with van der Waals surface area (Å²) in [4.78, 5) is 12.2. The molecule has 1 aliphatic heterocycles. The Morgan fingerprint density at radius 1 is 1.08 bits per heavy atom. The first kappa shape index (κ1) is 16.6. The smallest absolute Gasteiger partial charge is 0.271 e. The maximum atomic E-state index is 12.2. The lowest BCUT2D eigenvalue weighted by atomic mass is 10.2. The second-order valence-corrected chi connectivity index (χ2v) is 5.17. The topological polar surface area (TPSA) is 78.4 Å². The van der Waals surface area contributed by atoms with Gasteiger partial charge in [0.05, 0.1) is 20.4 Å². The molecule has 0 atom stereocenters. The van der Waals surface area contributed by atoms with Gasteiger partial charge in [-0.25, -0.2) is 5.43 Å². The molecule has 0 saturated carbocycles. The summed E-state index contributed by atoms with van der Waals surface area (Å²) in [6, 6.07) is 10.3. The molecule has 0 radical (unpaired) electrons. The molecular weight excluding hydrogens is 324 g/mol. The summed E-state index contributed by atoms with van der Waals surface area (Å²) >= 11 is 0. The van der Waals surface area contributed by atoms with Gasteiger partial charge in [-0.1, -0.05) is 0 Å². The third kappa shape index (κ3) is 3.82. The number of nitrogens with one attached hydrogen (secondary N) is 1. The molecule has 0 fully saturated rings. The summed E-state index contributed by atoms with van der Waals surface area (Å²) < 4.78 is 21.3. The van der Waals surface area contributed by atoms with E-state index in [2.05, 4.69) is 10.5 Å². The van der Waals surface area contributed by atoms with Gasteiger partial charge in [0.2, 0.25) is 0 Å². The van der Waals surface area contributed by atoms with Crippen molar-refractivity contribution in [2.45, 2.75) is 0 Å². The van der Waals surface area contributed by atoms with Crippen LogP contribution in [0.25, 0.3) is 0 Å². The van der Waals surface area contributed by atoms with Gasteiger partial charge in [-0.05, 0) is 30.3 Å². The van der Waals surface area contributed by atoms with Crippen molar-refractivity contribution < 1.29 is 23.7 Å². The van der Waals surface area contributed by atoms with E-state index in [1.165, 1.54) is 6.21 Å². The van der Waals surface area contributed by atoms with E-state index in [1.807, 2.05) is 0 Å². The van der Waals surface area contributed by atoms with Crippen molar-refractivity contribution in [1.82, 2.24) is 5.43 Å². The largest absolute Gasteiger partial charge is 0.497 e. The fourth-order valence-electron chi connectivity index (χ4n) is 2.33. The van der Waals surface area contributed by atoms with Crippen LogP contribution in [0.1, 0.15) is 15.9 Å². The number of amides is 1. The van der Waals surface area contributed by atoms with Crippen molar-refractivity contribution in [2.75, 3.05) is 27.4 Å². The molecule has 1 heterocycles. The summed E-state index contributed by atoms with van der Waals surface area (Å²) in [5.74, 6) is 2.11. The number of nitrogens with zero attached hydrogens (tertiary/aromatic N) is 1. The zero-order valence-corrected chi connectivity index (χ0v) is 13.9. The third-order valence-corrected chi connectivity index (χ3v) is 3.61. The van der Waals surface area contributed by atoms with Gasteiger partial charge in [-0.2, -0.15) is 5.10 Å². The van der Waals surface area contributed by atoms with Crippen LogP contribution >= 0.6 is 0 Å². The zero-order valence-electron chi connectivity index (χ0n) is 13.9. The van der Waals surface area contributed by atoms with E-state index < -0.39 is 0 Å². The molecule has 0 saturated heterocycles. The highest BCUT2D eigenvalue weighted by atomic mass is 16.6. The molecule has 1 amide bonds. The number of carbonyl (C=O) groups excluding carboxylic acids is 1. The third-order valence-electron chi connectivity index (χ3n) is 3.61. The lowest BCUT2D eigenvalue weighted by Gasteiger charge is -2.18. The van der Waals surface area contributed by atoms with E-state index in [0.29, 0.717) is 47.3 Å². The number of ether oxygens (including phenoxy) is 4. The molecule has 2 aromatic rings. The van der Waals surface area contributed by atoms with Crippen molar-refractivity contribution in [3.8, 4) is 23.0 Å². The van der Waals surface area contributed by atoms with Crippen molar-refractivity contribution in [3.63, 3.8) is 0 Å². The van der Waals surface area contributed by atoms with Gasteiger partial charge in [0, 0.05) is 17.2 Å². The van der Waals surface area contributed by atoms with Gasteiger partial charge >= 0.3 is 0 Å². The standard InChI is InChI=1S/C18H18N2O5/c1-22-14-5-3-13(16(10-14)23-2)11-19-20-18(21)12-4-6-15-17(9-12)25-8-7-24-15/h3-6,9-11H,7-8H2,1-2H3,(H,20,21)/b19-11-. The molecular formula is C18H18N2O5. The number of rotatable bonds is 5. The number of hydrogen-bond acceptors (Lipinski definition) is 6. The average Bonchev–Trinajstić information content (AvgIpc) is 2.67. The Morgan fingerprint density at radius 2 is 1.88 bits per heavy atom. The van der Waals surface area contributed by atoms with Crippen LogP contribution in [0.15, 0.2) is 41.5 Å². The van der Waals surface area contributed by atoms with Crippen molar-refractivity contribution in [2.24, 2.45) is 5.10 Å². The van der Waals surface area contributed by atoms with Crippen LogP contribution in [0.3, 0.4) is 0 Å².